The average Bonchev–Trinajstić information content (AvgIpc) is 2.73. The van der Waals surface area contributed by atoms with Gasteiger partial charge in [-0.25, -0.2) is 4.98 Å². The van der Waals surface area contributed by atoms with Gasteiger partial charge in [0, 0.05) is 12.4 Å². The standard InChI is InChI=1S/C9H12ClN3O2S/c1-11-8(15)4-12-7(14)2-9-13-6(3-10)5-16-9/h5H,2-4H2,1H3,(H,11,15)(H,12,14). The number of thiazole rings is 1. The van der Waals surface area contributed by atoms with Crippen molar-refractivity contribution in [3.63, 3.8) is 0 Å². The largest absolute Gasteiger partial charge is 0.358 e. The molecule has 0 aliphatic heterocycles. The van der Waals surface area contributed by atoms with Gasteiger partial charge in [-0.1, -0.05) is 0 Å². The normalized spacial score (nSPS) is 9.88. The maximum atomic E-state index is 11.4. The molecule has 0 atom stereocenters. The van der Waals surface area contributed by atoms with Gasteiger partial charge in [0.1, 0.15) is 5.01 Å². The second kappa shape index (κ2) is 6.44. The summed E-state index contributed by atoms with van der Waals surface area (Å²) >= 11 is 6.97. The van der Waals surface area contributed by atoms with Crippen LogP contribution in [0.25, 0.3) is 0 Å². The molecule has 0 unspecified atom stereocenters. The topological polar surface area (TPSA) is 71.1 Å². The number of halogens is 1. The van der Waals surface area contributed by atoms with Gasteiger partial charge in [0.2, 0.25) is 11.8 Å². The Morgan fingerprint density at radius 3 is 2.81 bits per heavy atom. The van der Waals surface area contributed by atoms with E-state index in [-0.39, 0.29) is 24.8 Å². The average molecular weight is 262 g/mol. The lowest BCUT2D eigenvalue weighted by molar-refractivity contribution is -0.125. The van der Waals surface area contributed by atoms with Gasteiger partial charge in [-0.2, -0.15) is 0 Å². The predicted octanol–water partition coefficient (Wildman–Crippen LogP) is 0.287. The Morgan fingerprint density at radius 1 is 1.50 bits per heavy atom. The van der Waals surface area contributed by atoms with E-state index >= 15 is 0 Å². The van der Waals surface area contributed by atoms with Crippen LogP contribution in [-0.2, 0) is 21.9 Å². The molecule has 0 aliphatic carbocycles. The zero-order valence-electron chi connectivity index (χ0n) is 8.75. The highest BCUT2D eigenvalue weighted by atomic mass is 35.5. The molecule has 0 aliphatic rings. The molecule has 0 spiro atoms. The fourth-order valence-electron chi connectivity index (χ4n) is 0.959. The molecular weight excluding hydrogens is 250 g/mol. The van der Waals surface area contributed by atoms with E-state index in [1.807, 2.05) is 5.38 Å². The van der Waals surface area contributed by atoms with Crippen LogP contribution in [0.4, 0.5) is 0 Å². The number of nitrogens with zero attached hydrogens (tertiary/aromatic N) is 1. The second-order valence-corrected chi connectivity index (χ2v) is 4.20. The minimum atomic E-state index is -0.228. The molecule has 7 heteroatoms. The van der Waals surface area contributed by atoms with E-state index in [4.69, 9.17) is 11.6 Å². The zero-order valence-corrected chi connectivity index (χ0v) is 10.3. The van der Waals surface area contributed by atoms with Crippen LogP contribution < -0.4 is 10.6 Å². The summed E-state index contributed by atoms with van der Waals surface area (Å²) < 4.78 is 0. The number of rotatable bonds is 5. The van der Waals surface area contributed by atoms with E-state index in [1.54, 1.807) is 0 Å². The van der Waals surface area contributed by atoms with Gasteiger partial charge in [-0.15, -0.1) is 22.9 Å². The molecule has 2 amide bonds. The van der Waals surface area contributed by atoms with Gasteiger partial charge in [-0.3, -0.25) is 9.59 Å². The summed E-state index contributed by atoms with van der Waals surface area (Å²) in [5.74, 6) is -0.107. The second-order valence-electron chi connectivity index (χ2n) is 2.99. The molecule has 88 valence electrons. The van der Waals surface area contributed by atoms with E-state index in [9.17, 15) is 9.59 Å². The first-order valence-electron chi connectivity index (χ1n) is 4.62. The van der Waals surface area contributed by atoms with Gasteiger partial charge in [-0.05, 0) is 0 Å². The van der Waals surface area contributed by atoms with Gasteiger partial charge in [0.05, 0.1) is 24.5 Å². The van der Waals surface area contributed by atoms with Crippen molar-refractivity contribution in [3.8, 4) is 0 Å². The van der Waals surface area contributed by atoms with Crippen molar-refractivity contribution >= 4 is 34.8 Å². The maximum Gasteiger partial charge on any atom is 0.239 e. The fourth-order valence-corrected chi connectivity index (χ4v) is 1.98. The van der Waals surface area contributed by atoms with Crippen molar-refractivity contribution in [3.05, 3.63) is 16.1 Å². The molecule has 2 N–H and O–H groups in total. The molecule has 16 heavy (non-hydrogen) atoms. The lowest BCUT2D eigenvalue weighted by atomic mass is 10.4. The van der Waals surface area contributed by atoms with Crippen LogP contribution in [0.3, 0.4) is 0 Å². The lowest BCUT2D eigenvalue weighted by Crippen LogP contribution is -2.35. The summed E-state index contributed by atoms with van der Waals surface area (Å²) in [6.45, 7) is -0.0108. The highest BCUT2D eigenvalue weighted by molar-refractivity contribution is 7.09. The van der Waals surface area contributed by atoms with Crippen LogP contribution in [0.5, 0.6) is 0 Å². The Hall–Kier alpha value is -1.14. The van der Waals surface area contributed by atoms with E-state index in [0.717, 1.165) is 5.69 Å². The van der Waals surface area contributed by atoms with E-state index < -0.39 is 0 Å². The smallest absolute Gasteiger partial charge is 0.239 e. The number of amides is 2. The summed E-state index contributed by atoms with van der Waals surface area (Å²) in [6.07, 6.45) is 0.179. The first-order chi connectivity index (χ1) is 7.65. The number of likely N-dealkylation sites (N-methyl/N-ethyl adjacent to an activating group) is 1. The van der Waals surface area contributed by atoms with Gasteiger partial charge < -0.3 is 10.6 Å². The molecule has 5 nitrogen and oxygen atoms in total. The molecule has 0 fully saturated rings. The summed E-state index contributed by atoms with van der Waals surface area (Å²) in [6, 6.07) is 0. The summed E-state index contributed by atoms with van der Waals surface area (Å²) in [7, 11) is 1.52. The van der Waals surface area contributed by atoms with Crippen molar-refractivity contribution < 1.29 is 9.59 Å². The molecule has 1 heterocycles. The van der Waals surface area contributed by atoms with Crippen molar-refractivity contribution in [2.75, 3.05) is 13.6 Å². The Kier molecular flexibility index (Phi) is 5.21. The van der Waals surface area contributed by atoms with Gasteiger partial charge >= 0.3 is 0 Å². The molecule has 0 aromatic carbocycles. The monoisotopic (exact) mass is 261 g/mol. The first-order valence-corrected chi connectivity index (χ1v) is 6.03. The van der Waals surface area contributed by atoms with Crippen molar-refractivity contribution in [2.24, 2.45) is 0 Å². The molecule has 0 saturated heterocycles. The Morgan fingerprint density at radius 2 is 2.25 bits per heavy atom. The third kappa shape index (κ3) is 4.16. The van der Waals surface area contributed by atoms with Crippen LogP contribution in [0.15, 0.2) is 5.38 Å². The molecular formula is C9H12ClN3O2S. The summed E-state index contributed by atoms with van der Waals surface area (Å²) in [5, 5.41) is 7.42. The van der Waals surface area contributed by atoms with Crippen molar-refractivity contribution in [1.29, 1.82) is 0 Å². The number of hydrogen-bond donors (Lipinski definition) is 2. The van der Waals surface area contributed by atoms with Crippen LogP contribution in [-0.4, -0.2) is 30.4 Å². The number of aromatic nitrogens is 1. The Labute approximate surface area is 102 Å². The number of hydrogen-bond acceptors (Lipinski definition) is 4. The fraction of sp³-hybridized carbons (Fsp3) is 0.444. The van der Waals surface area contributed by atoms with E-state index in [1.165, 1.54) is 18.4 Å². The quantitative estimate of drug-likeness (QED) is 0.749. The molecule has 0 bridgehead atoms. The molecule has 0 saturated carbocycles. The SMILES string of the molecule is CNC(=O)CNC(=O)Cc1nc(CCl)cs1. The minimum absolute atomic E-state index is 0.0108. The van der Waals surface area contributed by atoms with E-state index in [0.29, 0.717) is 10.9 Å². The van der Waals surface area contributed by atoms with Crippen LogP contribution in [0.2, 0.25) is 0 Å². The third-order valence-electron chi connectivity index (χ3n) is 1.77. The Balaban J connectivity index is 2.36. The maximum absolute atomic E-state index is 11.4. The summed E-state index contributed by atoms with van der Waals surface area (Å²) in [5.41, 5.74) is 0.765. The minimum Gasteiger partial charge on any atom is -0.358 e. The molecule has 0 radical (unpaired) electrons. The number of alkyl halides is 1. The zero-order chi connectivity index (χ0) is 12.0. The molecule has 1 aromatic rings. The van der Waals surface area contributed by atoms with Gasteiger partial charge in [0.15, 0.2) is 0 Å². The van der Waals surface area contributed by atoms with Crippen LogP contribution >= 0.6 is 22.9 Å². The lowest BCUT2D eigenvalue weighted by Gasteiger charge is -2.02. The highest BCUT2D eigenvalue weighted by Crippen LogP contribution is 2.11. The number of nitrogens with one attached hydrogen (secondary N) is 2. The van der Waals surface area contributed by atoms with Gasteiger partial charge in [0.25, 0.3) is 0 Å². The van der Waals surface area contributed by atoms with Crippen molar-refractivity contribution in [1.82, 2.24) is 15.6 Å². The third-order valence-corrected chi connectivity index (χ3v) is 2.94. The number of carbonyl (C=O) groups is 2. The van der Waals surface area contributed by atoms with Crippen molar-refractivity contribution in [2.45, 2.75) is 12.3 Å². The van der Waals surface area contributed by atoms with Crippen LogP contribution in [0, 0.1) is 0 Å². The van der Waals surface area contributed by atoms with Crippen LogP contribution in [0.1, 0.15) is 10.7 Å². The molecule has 1 aromatic heterocycles. The number of carbonyl (C=O) groups excluding carboxylic acids is 2. The Bertz CT molecular complexity index is 381. The summed E-state index contributed by atoms with van der Waals surface area (Å²) in [4.78, 5) is 26.4. The first kappa shape index (κ1) is 12.9. The highest BCUT2D eigenvalue weighted by Gasteiger charge is 2.08. The predicted molar refractivity (Wildman–Crippen MR) is 62.5 cm³/mol. The molecule has 1 rings (SSSR count). The van der Waals surface area contributed by atoms with E-state index in [2.05, 4.69) is 15.6 Å².